The third-order valence-electron chi connectivity index (χ3n) is 2.69. The Hall–Kier alpha value is -2.05. The summed E-state index contributed by atoms with van der Waals surface area (Å²) in [5, 5.41) is 0.616. The Bertz CT molecular complexity index is 867. The Balaban J connectivity index is 2.45. The monoisotopic (exact) mass is 339 g/mol. The van der Waals surface area contributed by atoms with E-state index in [1.54, 1.807) is 49.4 Å². The topological polar surface area (TPSA) is 65.4 Å². The highest BCUT2D eigenvalue weighted by Crippen LogP contribution is 2.12. The van der Waals surface area contributed by atoms with Gasteiger partial charge in [0.25, 0.3) is 5.56 Å². The Morgan fingerprint density at radius 2 is 1.77 bits per heavy atom. The number of rotatable bonds is 4. The molecule has 0 bridgehead atoms. The summed E-state index contributed by atoms with van der Waals surface area (Å²) in [4.78, 5) is 11.9. The Morgan fingerprint density at radius 1 is 1.14 bits per heavy atom. The lowest BCUT2D eigenvalue weighted by molar-refractivity contribution is 0.267. The minimum absolute atomic E-state index is 0.324. The van der Waals surface area contributed by atoms with Gasteiger partial charge >= 0.3 is 10.1 Å². The molecule has 1 heterocycles. The average molecular weight is 340 g/mol. The highest BCUT2D eigenvalue weighted by molar-refractivity contribution is 7.86. The second-order valence-electron chi connectivity index (χ2n) is 4.75. The summed E-state index contributed by atoms with van der Waals surface area (Å²) in [5.74, 6) is 0. The van der Waals surface area contributed by atoms with E-state index in [0.717, 1.165) is 16.5 Å². The third kappa shape index (κ3) is 4.47. The van der Waals surface area contributed by atoms with Gasteiger partial charge in [-0.2, -0.15) is 8.42 Å². The van der Waals surface area contributed by atoms with E-state index in [0.29, 0.717) is 16.3 Å². The van der Waals surface area contributed by atoms with Crippen molar-refractivity contribution in [3.63, 3.8) is 0 Å². The molecular weight excluding hydrogens is 326 g/mol. The van der Waals surface area contributed by atoms with Crippen molar-refractivity contribution in [2.45, 2.75) is 6.92 Å². The van der Waals surface area contributed by atoms with Gasteiger partial charge in [0.2, 0.25) is 0 Å². The maximum absolute atomic E-state index is 11.9. The molecule has 0 fully saturated rings. The predicted octanol–water partition coefficient (Wildman–Crippen LogP) is 2.37. The van der Waals surface area contributed by atoms with E-state index in [9.17, 15) is 13.2 Å². The van der Waals surface area contributed by atoms with Crippen molar-refractivity contribution in [2.75, 3.05) is 6.26 Å². The number of benzene rings is 1. The first-order chi connectivity index (χ1) is 10.2. The van der Waals surface area contributed by atoms with Crippen LogP contribution < -0.4 is 9.84 Å². The van der Waals surface area contributed by atoms with Crippen LogP contribution in [0.15, 0.2) is 41.2 Å². The van der Waals surface area contributed by atoms with Crippen LogP contribution in [0.1, 0.15) is 16.8 Å². The summed E-state index contributed by atoms with van der Waals surface area (Å²) >= 11 is 5.81. The van der Waals surface area contributed by atoms with Gasteiger partial charge in [-0.05, 0) is 42.3 Å². The summed E-state index contributed by atoms with van der Waals surface area (Å²) < 4.78 is 28.0. The Kier molecular flexibility index (Phi) is 4.73. The molecule has 0 aliphatic heterocycles. The standard InChI is InChI=1S/C15H14ClNO4S/c1-11-9-14(8-5-12-3-6-13(16)7-4-12)17(15(18)10-11)21-22(2,19)20/h3-10H,1-2H3/b8-5+. The van der Waals surface area contributed by atoms with Crippen molar-refractivity contribution in [3.8, 4) is 0 Å². The highest BCUT2D eigenvalue weighted by Gasteiger charge is 2.10. The molecule has 1 aromatic carbocycles. The van der Waals surface area contributed by atoms with Crippen molar-refractivity contribution < 1.29 is 12.7 Å². The first kappa shape index (κ1) is 16.3. The number of pyridine rings is 1. The lowest BCUT2D eigenvalue weighted by Crippen LogP contribution is -2.31. The van der Waals surface area contributed by atoms with E-state index in [2.05, 4.69) is 0 Å². The summed E-state index contributed by atoms with van der Waals surface area (Å²) in [6.45, 7) is 1.74. The number of aromatic nitrogens is 1. The van der Waals surface area contributed by atoms with E-state index in [-0.39, 0.29) is 0 Å². The van der Waals surface area contributed by atoms with Gasteiger partial charge in [-0.3, -0.25) is 9.08 Å². The van der Waals surface area contributed by atoms with Gasteiger partial charge in [0.15, 0.2) is 0 Å². The molecule has 22 heavy (non-hydrogen) atoms. The van der Waals surface area contributed by atoms with Gasteiger partial charge in [0.1, 0.15) is 0 Å². The summed E-state index contributed by atoms with van der Waals surface area (Å²) in [7, 11) is -3.81. The van der Waals surface area contributed by atoms with Gasteiger partial charge < -0.3 is 0 Å². The Labute approximate surface area is 133 Å². The SMILES string of the molecule is Cc1cc(/C=C/c2ccc(Cl)cc2)n(OS(C)(=O)=O)c(=O)c1. The van der Waals surface area contributed by atoms with Crippen LogP contribution >= 0.6 is 11.6 Å². The Morgan fingerprint density at radius 3 is 2.36 bits per heavy atom. The zero-order chi connectivity index (χ0) is 16.3. The number of nitrogens with zero attached hydrogens (tertiary/aromatic N) is 1. The normalized spacial score (nSPS) is 11.8. The van der Waals surface area contributed by atoms with Gasteiger partial charge in [-0.25, -0.2) is 0 Å². The van der Waals surface area contributed by atoms with E-state index in [4.69, 9.17) is 15.9 Å². The minimum Gasteiger partial charge on any atom is -0.284 e. The molecule has 0 atom stereocenters. The first-order valence-corrected chi connectivity index (χ1v) is 8.51. The molecule has 2 aromatic rings. The van der Waals surface area contributed by atoms with Crippen LogP contribution in [0.4, 0.5) is 0 Å². The van der Waals surface area contributed by atoms with Gasteiger partial charge in [-0.15, -0.1) is 4.73 Å². The van der Waals surface area contributed by atoms with Crippen LogP contribution in [0.2, 0.25) is 5.02 Å². The molecule has 0 saturated heterocycles. The van der Waals surface area contributed by atoms with E-state index < -0.39 is 15.7 Å². The lowest BCUT2D eigenvalue weighted by atomic mass is 10.2. The summed E-state index contributed by atoms with van der Waals surface area (Å²) in [6, 6.07) is 10.0. The first-order valence-electron chi connectivity index (χ1n) is 6.32. The second kappa shape index (κ2) is 6.37. The zero-order valence-electron chi connectivity index (χ0n) is 12.0. The third-order valence-corrected chi connectivity index (χ3v) is 3.36. The fraction of sp³-hybridized carbons (Fsp3) is 0.133. The highest BCUT2D eigenvalue weighted by atomic mass is 35.5. The summed E-state index contributed by atoms with van der Waals surface area (Å²) in [5.41, 5.74) is 1.32. The van der Waals surface area contributed by atoms with Crippen LogP contribution in [0, 0.1) is 6.92 Å². The molecule has 0 saturated carbocycles. The number of hydrogen-bond acceptors (Lipinski definition) is 4. The van der Waals surface area contributed by atoms with Crippen molar-refractivity contribution in [1.29, 1.82) is 0 Å². The zero-order valence-corrected chi connectivity index (χ0v) is 13.6. The van der Waals surface area contributed by atoms with Crippen molar-refractivity contribution in [2.24, 2.45) is 0 Å². The fourth-order valence-electron chi connectivity index (χ4n) is 1.80. The number of halogens is 1. The van der Waals surface area contributed by atoms with Gasteiger partial charge in [0, 0.05) is 11.1 Å². The van der Waals surface area contributed by atoms with E-state index in [1.807, 2.05) is 0 Å². The molecule has 0 spiro atoms. The largest absolute Gasteiger partial charge is 0.324 e. The summed E-state index contributed by atoms with van der Waals surface area (Å²) in [6.07, 6.45) is 4.21. The molecule has 1 aromatic heterocycles. The molecule has 5 nitrogen and oxygen atoms in total. The minimum atomic E-state index is -3.81. The maximum Gasteiger partial charge on any atom is 0.324 e. The van der Waals surface area contributed by atoms with Crippen LogP contribution in [-0.4, -0.2) is 19.4 Å². The molecule has 0 amide bonds. The van der Waals surface area contributed by atoms with Crippen LogP contribution in [0.5, 0.6) is 0 Å². The van der Waals surface area contributed by atoms with E-state index in [1.165, 1.54) is 6.07 Å². The molecule has 2 rings (SSSR count). The second-order valence-corrected chi connectivity index (χ2v) is 6.75. The molecule has 0 radical (unpaired) electrons. The number of aryl methyl sites for hydroxylation is 1. The van der Waals surface area contributed by atoms with Crippen LogP contribution in [-0.2, 0) is 10.1 Å². The predicted molar refractivity (Wildman–Crippen MR) is 87.2 cm³/mol. The quantitative estimate of drug-likeness (QED) is 0.857. The maximum atomic E-state index is 11.9. The molecule has 0 aliphatic carbocycles. The van der Waals surface area contributed by atoms with Gasteiger partial charge in [0.05, 0.1) is 11.9 Å². The van der Waals surface area contributed by atoms with Crippen molar-refractivity contribution in [1.82, 2.24) is 4.73 Å². The molecular formula is C15H14ClNO4S. The van der Waals surface area contributed by atoms with E-state index >= 15 is 0 Å². The fourth-order valence-corrected chi connectivity index (χ4v) is 2.36. The molecule has 7 heteroatoms. The van der Waals surface area contributed by atoms with Crippen molar-refractivity contribution in [3.05, 3.63) is 68.6 Å². The van der Waals surface area contributed by atoms with Crippen LogP contribution in [0.25, 0.3) is 12.2 Å². The smallest absolute Gasteiger partial charge is 0.284 e. The molecule has 0 unspecified atom stereocenters. The lowest BCUT2D eigenvalue weighted by Gasteiger charge is -2.09. The van der Waals surface area contributed by atoms with Crippen molar-refractivity contribution >= 4 is 33.9 Å². The van der Waals surface area contributed by atoms with Gasteiger partial charge in [-0.1, -0.05) is 29.8 Å². The average Bonchev–Trinajstić information content (AvgIpc) is 2.40. The molecule has 0 N–H and O–H groups in total. The van der Waals surface area contributed by atoms with Crippen LogP contribution in [0.3, 0.4) is 0 Å². The number of hydrogen-bond donors (Lipinski definition) is 0. The molecule has 116 valence electrons. The molecule has 0 aliphatic rings.